The van der Waals surface area contributed by atoms with Gasteiger partial charge in [0.1, 0.15) is 0 Å². The lowest BCUT2D eigenvalue weighted by Gasteiger charge is -2.14. The number of pyridine rings is 1. The molecule has 6 nitrogen and oxygen atoms in total. The van der Waals surface area contributed by atoms with E-state index in [2.05, 4.69) is 15.0 Å². The molecule has 0 saturated heterocycles. The molecule has 3 rings (SSSR count). The lowest BCUT2D eigenvalue weighted by atomic mass is 10.2. The second-order valence-electron chi connectivity index (χ2n) is 5.75. The molecule has 2 aromatic carbocycles. The highest BCUT2D eigenvalue weighted by Crippen LogP contribution is 2.22. The molecule has 1 aromatic heterocycles. The number of sulfonamides is 1. The molecule has 0 aliphatic carbocycles. The van der Waals surface area contributed by atoms with E-state index in [1.54, 1.807) is 48.7 Å². The number of rotatable bonds is 6. The molecule has 3 N–H and O–H groups in total. The summed E-state index contributed by atoms with van der Waals surface area (Å²) in [5.41, 5.74) is 2.44. The molecule has 1 heterocycles. The molecule has 0 fully saturated rings. The van der Waals surface area contributed by atoms with Crippen LogP contribution in [0, 0.1) is 6.92 Å². The van der Waals surface area contributed by atoms with Crippen molar-refractivity contribution in [2.24, 2.45) is 0 Å². The van der Waals surface area contributed by atoms with Crippen LogP contribution < -0.4 is 10.0 Å². The largest absolute Gasteiger partial charge is 0.368 e. The van der Waals surface area contributed by atoms with E-state index in [1.165, 1.54) is 12.1 Å². The van der Waals surface area contributed by atoms with Gasteiger partial charge in [-0.2, -0.15) is 0 Å². The van der Waals surface area contributed by atoms with Crippen LogP contribution in [0.5, 0.6) is 0 Å². The highest BCUT2D eigenvalue weighted by Gasteiger charge is 2.15. The van der Waals surface area contributed by atoms with E-state index in [-0.39, 0.29) is 4.90 Å². The molecule has 7 heteroatoms. The van der Waals surface area contributed by atoms with Gasteiger partial charge in [-0.05, 0) is 55.0 Å². The summed E-state index contributed by atoms with van der Waals surface area (Å²) in [7, 11) is -3.69. The Morgan fingerprint density at radius 3 is 2.31 bits per heavy atom. The Morgan fingerprint density at radius 2 is 1.65 bits per heavy atom. The Bertz CT molecular complexity index is 974. The van der Waals surface area contributed by atoms with Crippen LogP contribution in [-0.4, -0.2) is 18.5 Å². The standard InChI is InChI=1S/C19H19N3O3S/c1-14-6-2-3-7-17(14)22-26(24,25)16-11-9-15(10-12-16)21-19(23)18-8-4-5-13-20-18/h2-13,19,21-23H,1H3. The number of nitrogens with one attached hydrogen (secondary N) is 2. The topological polar surface area (TPSA) is 91.3 Å². The van der Waals surface area contributed by atoms with E-state index in [0.717, 1.165) is 5.56 Å². The van der Waals surface area contributed by atoms with Crippen LogP contribution in [0.15, 0.2) is 77.8 Å². The van der Waals surface area contributed by atoms with Crippen LogP contribution in [0.1, 0.15) is 17.5 Å². The van der Waals surface area contributed by atoms with Crippen molar-refractivity contribution in [1.29, 1.82) is 0 Å². The van der Waals surface area contributed by atoms with Crippen LogP contribution in [0.2, 0.25) is 0 Å². The van der Waals surface area contributed by atoms with Gasteiger partial charge in [0.05, 0.1) is 16.3 Å². The average Bonchev–Trinajstić information content (AvgIpc) is 2.65. The van der Waals surface area contributed by atoms with Crippen molar-refractivity contribution >= 4 is 21.4 Å². The van der Waals surface area contributed by atoms with Crippen molar-refractivity contribution in [3.8, 4) is 0 Å². The van der Waals surface area contributed by atoms with Gasteiger partial charge < -0.3 is 10.4 Å². The number of aryl methyl sites for hydroxylation is 1. The maximum atomic E-state index is 12.5. The first-order valence-electron chi connectivity index (χ1n) is 8.00. The quantitative estimate of drug-likeness (QED) is 0.580. The van der Waals surface area contributed by atoms with Gasteiger partial charge in [0.25, 0.3) is 10.0 Å². The van der Waals surface area contributed by atoms with Crippen molar-refractivity contribution in [3.05, 3.63) is 84.2 Å². The lowest BCUT2D eigenvalue weighted by molar-refractivity contribution is 0.203. The summed E-state index contributed by atoms with van der Waals surface area (Å²) < 4.78 is 27.6. The fourth-order valence-electron chi connectivity index (χ4n) is 2.39. The van der Waals surface area contributed by atoms with Crippen LogP contribution in [0.25, 0.3) is 0 Å². The third-order valence-corrected chi connectivity index (χ3v) is 5.21. The normalized spacial score (nSPS) is 12.4. The van der Waals surface area contributed by atoms with E-state index in [0.29, 0.717) is 17.1 Å². The van der Waals surface area contributed by atoms with E-state index in [4.69, 9.17) is 0 Å². The first kappa shape index (κ1) is 17.9. The van der Waals surface area contributed by atoms with Gasteiger partial charge in [-0.3, -0.25) is 9.71 Å². The maximum absolute atomic E-state index is 12.5. The van der Waals surface area contributed by atoms with E-state index < -0.39 is 16.3 Å². The molecular formula is C19H19N3O3S. The Balaban J connectivity index is 1.73. The molecule has 0 saturated carbocycles. The molecule has 26 heavy (non-hydrogen) atoms. The fraction of sp³-hybridized carbons (Fsp3) is 0.105. The smallest absolute Gasteiger partial charge is 0.261 e. The molecule has 3 aromatic rings. The summed E-state index contributed by atoms with van der Waals surface area (Å²) in [6.07, 6.45) is 0.608. The molecule has 0 aliphatic heterocycles. The van der Waals surface area contributed by atoms with Crippen molar-refractivity contribution in [3.63, 3.8) is 0 Å². The van der Waals surface area contributed by atoms with Crippen molar-refractivity contribution in [2.45, 2.75) is 18.0 Å². The van der Waals surface area contributed by atoms with Crippen LogP contribution in [0.3, 0.4) is 0 Å². The molecule has 1 atom stereocenters. The number of aliphatic hydroxyl groups is 1. The third-order valence-electron chi connectivity index (χ3n) is 3.83. The van der Waals surface area contributed by atoms with Gasteiger partial charge in [-0.15, -0.1) is 0 Å². The van der Waals surface area contributed by atoms with E-state index >= 15 is 0 Å². The minimum atomic E-state index is -3.69. The predicted molar refractivity (Wildman–Crippen MR) is 101 cm³/mol. The molecule has 0 radical (unpaired) electrons. The first-order chi connectivity index (χ1) is 12.5. The number of hydrogen-bond acceptors (Lipinski definition) is 5. The van der Waals surface area contributed by atoms with E-state index in [9.17, 15) is 13.5 Å². The zero-order valence-corrected chi connectivity index (χ0v) is 14.9. The van der Waals surface area contributed by atoms with Crippen LogP contribution >= 0.6 is 0 Å². The van der Waals surface area contributed by atoms with E-state index in [1.807, 2.05) is 19.1 Å². The zero-order valence-electron chi connectivity index (χ0n) is 14.1. The number of nitrogens with zero attached hydrogens (tertiary/aromatic N) is 1. The average molecular weight is 369 g/mol. The summed E-state index contributed by atoms with van der Waals surface area (Å²) in [5, 5.41) is 13.0. The summed E-state index contributed by atoms with van der Waals surface area (Å²) in [6, 6.07) is 18.6. The Labute approximate surface area is 152 Å². The number of benzene rings is 2. The Hall–Kier alpha value is -2.90. The molecule has 0 bridgehead atoms. The molecule has 1 unspecified atom stereocenters. The number of hydrogen-bond donors (Lipinski definition) is 3. The van der Waals surface area contributed by atoms with Gasteiger partial charge in [-0.1, -0.05) is 24.3 Å². The van der Waals surface area contributed by atoms with Gasteiger partial charge in [-0.25, -0.2) is 8.42 Å². The van der Waals surface area contributed by atoms with Gasteiger partial charge in [0.15, 0.2) is 6.23 Å². The number of aromatic nitrogens is 1. The van der Waals surface area contributed by atoms with Gasteiger partial charge in [0.2, 0.25) is 0 Å². The minimum Gasteiger partial charge on any atom is -0.368 e. The monoisotopic (exact) mass is 369 g/mol. The van der Waals surface area contributed by atoms with Crippen LogP contribution in [0.4, 0.5) is 11.4 Å². The molecular weight excluding hydrogens is 350 g/mol. The predicted octanol–water partition coefficient (Wildman–Crippen LogP) is 3.29. The summed E-state index contributed by atoms with van der Waals surface area (Å²) in [4.78, 5) is 4.21. The zero-order chi connectivity index (χ0) is 18.6. The summed E-state index contributed by atoms with van der Waals surface area (Å²) in [6.45, 7) is 1.84. The van der Waals surface area contributed by atoms with Gasteiger partial charge >= 0.3 is 0 Å². The van der Waals surface area contributed by atoms with Crippen molar-refractivity contribution < 1.29 is 13.5 Å². The van der Waals surface area contributed by atoms with Crippen molar-refractivity contribution in [2.75, 3.05) is 10.0 Å². The molecule has 134 valence electrons. The Morgan fingerprint density at radius 1 is 0.962 bits per heavy atom. The molecule has 0 amide bonds. The highest BCUT2D eigenvalue weighted by molar-refractivity contribution is 7.92. The minimum absolute atomic E-state index is 0.138. The lowest BCUT2D eigenvalue weighted by Crippen LogP contribution is -2.14. The fourth-order valence-corrected chi connectivity index (χ4v) is 3.52. The SMILES string of the molecule is Cc1ccccc1NS(=O)(=O)c1ccc(NC(O)c2ccccn2)cc1. The Kier molecular flexibility index (Phi) is 5.20. The summed E-state index contributed by atoms with van der Waals surface area (Å²) in [5.74, 6) is 0. The first-order valence-corrected chi connectivity index (χ1v) is 9.48. The molecule has 0 spiro atoms. The maximum Gasteiger partial charge on any atom is 0.261 e. The second-order valence-corrected chi connectivity index (χ2v) is 7.43. The number of anilines is 2. The van der Waals surface area contributed by atoms with Crippen molar-refractivity contribution in [1.82, 2.24) is 4.98 Å². The summed E-state index contributed by atoms with van der Waals surface area (Å²) >= 11 is 0. The third kappa shape index (κ3) is 4.19. The number of aliphatic hydroxyl groups excluding tert-OH is 1. The molecule has 0 aliphatic rings. The van der Waals surface area contributed by atoms with Crippen LogP contribution in [-0.2, 0) is 10.0 Å². The van der Waals surface area contributed by atoms with Gasteiger partial charge in [0, 0.05) is 11.9 Å². The highest BCUT2D eigenvalue weighted by atomic mass is 32.2. The second kappa shape index (κ2) is 7.55. The number of para-hydroxylation sites is 1.